The molecule has 0 aliphatic rings. The second-order valence-corrected chi connectivity index (χ2v) is 6.62. The van der Waals surface area contributed by atoms with Crippen molar-refractivity contribution in [3.8, 4) is 0 Å². The highest BCUT2D eigenvalue weighted by Crippen LogP contribution is 2.30. The number of benzene rings is 2. The van der Waals surface area contributed by atoms with E-state index in [0.717, 1.165) is 6.07 Å². The van der Waals surface area contributed by atoms with Crippen LogP contribution in [0, 0.1) is 10.1 Å². The smallest absolute Gasteiger partial charge is 0.258 e. The van der Waals surface area contributed by atoms with Gasteiger partial charge in [-0.25, -0.2) is 8.42 Å². The van der Waals surface area contributed by atoms with E-state index >= 15 is 0 Å². The number of nitro groups is 1. The summed E-state index contributed by atoms with van der Waals surface area (Å²) in [6.07, 6.45) is 0. The summed E-state index contributed by atoms with van der Waals surface area (Å²) in [5.74, 6) is 0. The zero-order chi connectivity index (χ0) is 14.9. The molecule has 0 radical (unpaired) electrons. The average Bonchev–Trinajstić information content (AvgIpc) is 2.39. The van der Waals surface area contributed by atoms with Crippen molar-refractivity contribution >= 4 is 38.7 Å². The van der Waals surface area contributed by atoms with E-state index in [0.29, 0.717) is 5.02 Å². The van der Waals surface area contributed by atoms with Crippen LogP contribution in [-0.2, 0) is 9.84 Å². The van der Waals surface area contributed by atoms with Gasteiger partial charge in [-0.3, -0.25) is 10.1 Å². The van der Waals surface area contributed by atoms with Gasteiger partial charge in [-0.2, -0.15) is 0 Å². The Labute approximate surface area is 124 Å². The predicted molar refractivity (Wildman–Crippen MR) is 75.0 cm³/mol. The fourth-order valence-electron chi connectivity index (χ4n) is 1.55. The van der Waals surface area contributed by atoms with Crippen molar-refractivity contribution in [2.24, 2.45) is 0 Å². The van der Waals surface area contributed by atoms with Gasteiger partial charge in [-0.1, -0.05) is 23.2 Å². The Kier molecular flexibility index (Phi) is 3.99. The van der Waals surface area contributed by atoms with E-state index in [4.69, 9.17) is 23.2 Å². The number of hydrogen-bond acceptors (Lipinski definition) is 4. The van der Waals surface area contributed by atoms with E-state index in [-0.39, 0.29) is 14.8 Å². The van der Waals surface area contributed by atoms with Crippen molar-refractivity contribution in [1.29, 1.82) is 0 Å². The first-order chi connectivity index (χ1) is 9.32. The highest BCUT2D eigenvalue weighted by Gasteiger charge is 2.22. The van der Waals surface area contributed by atoms with E-state index < -0.39 is 20.4 Å². The number of sulfone groups is 1. The largest absolute Gasteiger partial charge is 0.289 e. The molecule has 0 spiro atoms. The number of halogens is 2. The van der Waals surface area contributed by atoms with Crippen LogP contribution < -0.4 is 0 Å². The van der Waals surface area contributed by atoms with Crippen LogP contribution in [0.4, 0.5) is 5.69 Å². The van der Waals surface area contributed by atoms with Crippen LogP contribution in [0.2, 0.25) is 10.0 Å². The lowest BCUT2D eigenvalue weighted by Crippen LogP contribution is -2.03. The highest BCUT2D eigenvalue weighted by molar-refractivity contribution is 7.91. The van der Waals surface area contributed by atoms with E-state index in [1.807, 2.05) is 0 Å². The molecule has 0 heterocycles. The molecule has 2 aromatic carbocycles. The quantitative estimate of drug-likeness (QED) is 0.634. The summed E-state index contributed by atoms with van der Waals surface area (Å²) >= 11 is 11.3. The van der Waals surface area contributed by atoms with Gasteiger partial charge < -0.3 is 0 Å². The van der Waals surface area contributed by atoms with Crippen LogP contribution in [0.25, 0.3) is 0 Å². The van der Waals surface area contributed by atoms with Crippen LogP contribution in [0.15, 0.2) is 52.3 Å². The number of nitro benzene ring substituents is 1. The summed E-state index contributed by atoms with van der Waals surface area (Å²) in [6.45, 7) is 0. The van der Waals surface area contributed by atoms with E-state index in [1.165, 1.54) is 36.4 Å². The summed E-state index contributed by atoms with van der Waals surface area (Å²) in [6, 6.07) is 8.86. The molecule has 0 amide bonds. The first-order valence-electron chi connectivity index (χ1n) is 5.27. The maximum atomic E-state index is 12.3. The van der Waals surface area contributed by atoms with Gasteiger partial charge in [0.15, 0.2) is 0 Å². The maximum absolute atomic E-state index is 12.3. The van der Waals surface area contributed by atoms with Gasteiger partial charge in [0.25, 0.3) is 5.69 Å². The lowest BCUT2D eigenvalue weighted by Gasteiger charge is -2.05. The molecule has 0 saturated carbocycles. The maximum Gasteiger partial charge on any atom is 0.289 e. The van der Waals surface area contributed by atoms with Crippen molar-refractivity contribution in [3.63, 3.8) is 0 Å². The van der Waals surface area contributed by atoms with Gasteiger partial charge in [0.05, 0.1) is 14.7 Å². The van der Waals surface area contributed by atoms with Gasteiger partial charge in [0, 0.05) is 11.1 Å². The predicted octanol–water partition coefficient (Wildman–Crippen LogP) is 3.73. The Morgan fingerprint density at radius 3 is 2.05 bits per heavy atom. The molecule has 0 aromatic heterocycles. The second kappa shape index (κ2) is 5.40. The molecular weight excluding hydrogens is 325 g/mol. The molecule has 0 atom stereocenters. The van der Waals surface area contributed by atoms with Crippen LogP contribution in [0.5, 0.6) is 0 Å². The van der Waals surface area contributed by atoms with Crippen LogP contribution in [0.3, 0.4) is 0 Å². The summed E-state index contributed by atoms with van der Waals surface area (Å²) in [7, 11) is -3.85. The summed E-state index contributed by atoms with van der Waals surface area (Å²) in [4.78, 5) is 9.86. The Balaban J connectivity index is 2.58. The monoisotopic (exact) mass is 331 g/mol. The minimum Gasteiger partial charge on any atom is -0.258 e. The number of nitrogens with zero attached hydrogens (tertiary/aromatic N) is 1. The second-order valence-electron chi connectivity index (χ2n) is 3.83. The van der Waals surface area contributed by atoms with Crippen molar-refractivity contribution in [1.82, 2.24) is 0 Å². The van der Waals surface area contributed by atoms with Gasteiger partial charge in [0.2, 0.25) is 9.84 Å². The minimum absolute atomic E-state index is 0.00137. The van der Waals surface area contributed by atoms with E-state index in [2.05, 4.69) is 0 Å². The topological polar surface area (TPSA) is 77.3 Å². The van der Waals surface area contributed by atoms with Gasteiger partial charge in [0.1, 0.15) is 5.02 Å². The first-order valence-corrected chi connectivity index (χ1v) is 7.51. The van der Waals surface area contributed by atoms with Crippen LogP contribution in [-0.4, -0.2) is 13.3 Å². The third-order valence-corrected chi connectivity index (χ3v) is 4.89. The normalized spacial score (nSPS) is 11.3. The molecule has 0 aliphatic carbocycles. The summed E-state index contributed by atoms with van der Waals surface area (Å²) in [5, 5.41) is 11.1. The van der Waals surface area contributed by atoms with E-state index in [1.54, 1.807) is 0 Å². The molecule has 5 nitrogen and oxygen atoms in total. The zero-order valence-corrected chi connectivity index (χ0v) is 12.1. The SMILES string of the molecule is O=[N+]([O-])c1cc(S(=O)(=O)c2ccc(Cl)cc2)ccc1Cl. The Morgan fingerprint density at radius 2 is 1.50 bits per heavy atom. The average molecular weight is 332 g/mol. The molecule has 104 valence electrons. The minimum atomic E-state index is -3.85. The summed E-state index contributed by atoms with van der Waals surface area (Å²) < 4.78 is 24.6. The van der Waals surface area contributed by atoms with E-state index in [9.17, 15) is 18.5 Å². The zero-order valence-electron chi connectivity index (χ0n) is 9.79. The third kappa shape index (κ3) is 2.77. The Hall–Kier alpha value is -1.63. The molecule has 0 aliphatic heterocycles. The van der Waals surface area contributed by atoms with Gasteiger partial charge in [-0.15, -0.1) is 0 Å². The molecule has 0 unspecified atom stereocenters. The number of hydrogen-bond donors (Lipinski definition) is 0. The van der Waals surface area contributed by atoms with Crippen molar-refractivity contribution in [2.45, 2.75) is 9.79 Å². The van der Waals surface area contributed by atoms with Gasteiger partial charge in [-0.05, 0) is 36.4 Å². The molecule has 8 heteroatoms. The molecule has 0 saturated heterocycles. The Morgan fingerprint density at radius 1 is 0.950 bits per heavy atom. The van der Waals surface area contributed by atoms with Crippen molar-refractivity contribution < 1.29 is 13.3 Å². The first kappa shape index (κ1) is 14.8. The molecule has 2 aromatic rings. The fourth-order valence-corrected chi connectivity index (χ4v) is 3.14. The lowest BCUT2D eigenvalue weighted by molar-refractivity contribution is -0.384. The van der Waals surface area contributed by atoms with Crippen molar-refractivity contribution in [2.75, 3.05) is 0 Å². The molecule has 0 N–H and O–H groups in total. The number of rotatable bonds is 3. The highest BCUT2D eigenvalue weighted by atomic mass is 35.5. The fraction of sp³-hybridized carbons (Fsp3) is 0. The molecular formula is C12H7Cl2NO4S. The van der Waals surface area contributed by atoms with Gasteiger partial charge >= 0.3 is 0 Å². The molecule has 2 rings (SSSR count). The lowest BCUT2D eigenvalue weighted by atomic mass is 10.3. The molecule has 0 fully saturated rings. The van der Waals surface area contributed by atoms with Crippen LogP contribution in [0.1, 0.15) is 0 Å². The summed E-state index contributed by atoms with van der Waals surface area (Å²) in [5.41, 5.74) is -0.457. The van der Waals surface area contributed by atoms with Crippen LogP contribution >= 0.6 is 23.2 Å². The molecule has 20 heavy (non-hydrogen) atoms. The Bertz CT molecular complexity index is 773. The third-order valence-electron chi connectivity index (χ3n) is 2.55. The molecule has 0 bridgehead atoms. The van der Waals surface area contributed by atoms with Crippen molar-refractivity contribution in [3.05, 3.63) is 62.6 Å². The standard InChI is InChI=1S/C12H7Cl2NO4S/c13-8-1-3-9(4-2-8)20(18,19)10-5-6-11(14)12(7-10)15(16)17/h1-7H.